The van der Waals surface area contributed by atoms with Crippen molar-refractivity contribution in [2.24, 2.45) is 0 Å². The molecule has 1 aliphatic heterocycles. The summed E-state index contributed by atoms with van der Waals surface area (Å²) < 4.78 is 0. The minimum atomic E-state index is -0.847. The molecule has 79 valence electrons. The Morgan fingerprint density at radius 3 is 2.73 bits per heavy atom. The summed E-state index contributed by atoms with van der Waals surface area (Å²) in [5, 5.41) is 12.7. The van der Waals surface area contributed by atoms with Gasteiger partial charge in [0.1, 0.15) is 5.75 Å². The van der Waals surface area contributed by atoms with Gasteiger partial charge in [-0.2, -0.15) is 0 Å². The van der Waals surface area contributed by atoms with E-state index in [9.17, 15) is 9.90 Å². The predicted octanol–water partition coefficient (Wildman–Crippen LogP) is 2.19. The number of carbonyl (C=O) groups is 1. The summed E-state index contributed by atoms with van der Waals surface area (Å²) in [6.45, 7) is 3.37. The molecule has 1 radical (unpaired) electrons. The third-order valence-electron chi connectivity index (χ3n) is 2.68. The van der Waals surface area contributed by atoms with Crippen LogP contribution in [0.2, 0.25) is 5.02 Å². The highest BCUT2D eigenvalue weighted by atomic mass is 35.5. The van der Waals surface area contributed by atoms with Gasteiger partial charge in [0, 0.05) is 5.56 Å². The van der Waals surface area contributed by atoms with Gasteiger partial charge in [-0.25, -0.2) is 0 Å². The van der Waals surface area contributed by atoms with Crippen molar-refractivity contribution in [2.75, 3.05) is 5.32 Å². The van der Waals surface area contributed by atoms with E-state index in [0.29, 0.717) is 11.3 Å². The lowest BCUT2D eigenvalue weighted by Crippen LogP contribution is -2.26. The topological polar surface area (TPSA) is 73.1 Å². The molecule has 1 aliphatic rings. The van der Waals surface area contributed by atoms with Crippen LogP contribution in [0.15, 0.2) is 6.07 Å². The molecule has 0 saturated carbocycles. The smallest absolute Gasteiger partial charge is 0.234 e. The fourth-order valence-corrected chi connectivity index (χ4v) is 2.00. The molecule has 0 atom stereocenters. The van der Waals surface area contributed by atoms with Gasteiger partial charge in [-0.1, -0.05) is 11.6 Å². The Morgan fingerprint density at radius 2 is 2.13 bits per heavy atom. The van der Waals surface area contributed by atoms with Crippen molar-refractivity contribution in [3.8, 4) is 5.75 Å². The number of hydrogen-bond donors (Lipinski definition) is 2. The number of halogens is 1. The van der Waals surface area contributed by atoms with E-state index in [-0.39, 0.29) is 22.4 Å². The average Bonchev–Trinajstić information content (AvgIpc) is 2.36. The highest BCUT2D eigenvalue weighted by Crippen LogP contribution is 2.49. The number of benzene rings is 1. The van der Waals surface area contributed by atoms with Crippen LogP contribution in [0.25, 0.3) is 0 Å². The molecule has 4 nitrogen and oxygen atoms in total. The van der Waals surface area contributed by atoms with Crippen molar-refractivity contribution < 1.29 is 9.90 Å². The average molecular weight is 226 g/mol. The van der Waals surface area contributed by atoms with Crippen molar-refractivity contribution in [2.45, 2.75) is 19.3 Å². The second-order valence-electron chi connectivity index (χ2n) is 4.08. The van der Waals surface area contributed by atoms with Crippen LogP contribution in [-0.4, -0.2) is 11.0 Å². The molecular formula is C10H10ClN2O2. The summed E-state index contributed by atoms with van der Waals surface area (Å²) in [7, 11) is 0. The first-order valence-electron chi connectivity index (χ1n) is 4.44. The maximum atomic E-state index is 11.6. The van der Waals surface area contributed by atoms with Crippen LogP contribution in [0.5, 0.6) is 5.75 Å². The lowest BCUT2D eigenvalue weighted by atomic mass is 9.85. The first-order valence-corrected chi connectivity index (χ1v) is 4.82. The van der Waals surface area contributed by atoms with Crippen molar-refractivity contribution in [1.82, 2.24) is 5.73 Å². The quantitative estimate of drug-likeness (QED) is 0.665. The summed E-state index contributed by atoms with van der Waals surface area (Å²) >= 11 is 5.89. The molecule has 0 fully saturated rings. The number of fused-ring (bicyclic) bond motifs is 1. The third kappa shape index (κ3) is 1.18. The lowest BCUT2D eigenvalue weighted by Gasteiger charge is -2.17. The van der Waals surface area contributed by atoms with Crippen LogP contribution in [0.1, 0.15) is 19.4 Å². The highest BCUT2D eigenvalue weighted by Gasteiger charge is 2.42. The third-order valence-corrected chi connectivity index (χ3v) is 2.98. The normalized spacial score (nSPS) is 17.4. The summed E-state index contributed by atoms with van der Waals surface area (Å²) in [5.41, 5.74) is 7.41. The summed E-state index contributed by atoms with van der Waals surface area (Å²) in [4.78, 5) is 11.6. The molecule has 0 saturated heterocycles. The molecule has 0 aliphatic carbocycles. The molecular weight excluding hydrogens is 216 g/mol. The Hall–Kier alpha value is -1.42. The summed E-state index contributed by atoms with van der Waals surface area (Å²) in [6.07, 6.45) is 0. The Bertz CT molecular complexity index is 469. The van der Waals surface area contributed by atoms with Crippen LogP contribution in [0, 0.1) is 0 Å². The molecule has 1 aromatic carbocycles. The number of hydrogen-bond acceptors (Lipinski definition) is 2. The van der Waals surface area contributed by atoms with Crippen LogP contribution in [-0.2, 0) is 10.2 Å². The van der Waals surface area contributed by atoms with Crippen LogP contribution < -0.4 is 11.1 Å². The fourth-order valence-electron chi connectivity index (χ4n) is 1.75. The Kier molecular flexibility index (Phi) is 1.88. The Morgan fingerprint density at radius 1 is 1.53 bits per heavy atom. The van der Waals surface area contributed by atoms with E-state index in [4.69, 9.17) is 17.3 Å². The van der Waals surface area contributed by atoms with E-state index in [1.807, 2.05) is 0 Å². The molecule has 0 bridgehead atoms. The number of carbonyl (C=O) groups excluding carboxylic acids is 1. The fraction of sp³-hybridized carbons (Fsp3) is 0.300. The Labute approximate surface area is 92.0 Å². The lowest BCUT2D eigenvalue weighted by molar-refractivity contribution is -0.119. The molecule has 1 heterocycles. The van der Waals surface area contributed by atoms with Gasteiger partial charge in [0.05, 0.1) is 21.8 Å². The van der Waals surface area contributed by atoms with Crippen LogP contribution >= 0.6 is 11.6 Å². The van der Waals surface area contributed by atoms with Gasteiger partial charge in [0.15, 0.2) is 0 Å². The van der Waals surface area contributed by atoms with Gasteiger partial charge in [-0.15, -0.1) is 0 Å². The molecule has 3 N–H and O–H groups in total. The van der Waals surface area contributed by atoms with Crippen LogP contribution in [0.3, 0.4) is 0 Å². The number of aromatic hydroxyl groups is 1. The monoisotopic (exact) mass is 225 g/mol. The maximum absolute atomic E-state index is 11.6. The van der Waals surface area contributed by atoms with Gasteiger partial charge in [0.25, 0.3) is 0 Å². The van der Waals surface area contributed by atoms with Gasteiger partial charge < -0.3 is 10.4 Å². The van der Waals surface area contributed by atoms with Gasteiger partial charge in [0.2, 0.25) is 5.91 Å². The van der Waals surface area contributed by atoms with Gasteiger partial charge in [-0.3, -0.25) is 10.5 Å². The van der Waals surface area contributed by atoms with E-state index >= 15 is 0 Å². The highest BCUT2D eigenvalue weighted by molar-refractivity contribution is 6.35. The molecule has 0 spiro atoms. The van der Waals surface area contributed by atoms with E-state index < -0.39 is 5.41 Å². The number of amides is 1. The molecule has 2 rings (SSSR count). The second-order valence-corrected chi connectivity index (χ2v) is 4.49. The molecule has 5 heteroatoms. The number of phenols is 1. The molecule has 0 aromatic heterocycles. The SMILES string of the molecule is CC1(C)C(=O)Nc2c(Cl)cc([NH])c(O)c21. The maximum Gasteiger partial charge on any atom is 0.234 e. The molecule has 1 aromatic rings. The zero-order valence-corrected chi connectivity index (χ0v) is 9.07. The van der Waals surface area contributed by atoms with E-state index in [1.54, 1.807) is 13.8 Å². The molecule has 0 unspecified atom stereocenters. The number of anilines is 1. The first-order chi connectivity index (χ1) is 6.85. The second kappa shape index (κ2) is 2.79. The van der Waals surface area contributed by atoms with E-state index in [0.717, 1.165) is 0 Å². The minimum absolute atomic E-state index is 0.0664. The van der Waals surface area contributed by atoms with Gasteiger partial charge >= 0.3 is 0 Å². The number of phenolic OH excluding ortho intramolecular Hbond substituents is 1. The molecule has 1 amide bonds. The van der Waals surface area contributed by atoms with Crippen molar-refractivity contribution in [3.63, 3.8) is 0 Å². The van der Waals surface area contributed by atoms with Crippen LogP contribution in [0.4, 0.5) is 11.4 Å². The van der Waals surface area contributed by atoms with Crippen molar-refractivity contribution in [1.29, 1.82) is 0 Å². The number of nitrogens with one attached hydrogen (secondary N) is 2. The summed E-state index contributed by atoms with van der Waals surface area (Å²) in [5.74, 6) is -0.405. The molecule has 15 heavy (non-hydrogen) atoms. The standard InChI is InChI=1S/C10H10ClN2O2/c1-10(2)6-7(13-9(10)15)4(11)3-5(12)8(6)14/h3,12,14H,1-2H3,(H,13,15). The first kappa shape index (κ1) is 10.1. The van der Waals surface area contributed by atoms with Crippen molar-refractivity contribution >= 4 is 28.9 Å². The minimum Gasteiger partial charge on any atom is -0.505 e. The Balaban J connectivity index is 2.81. The van der Waals surface area contributed by atoms with E-state index in [2.05, 4.69) is 5.32 Å². The van der Waals surface area contributed by atoms with Gasteiger partial charge in [-0.05, 0) is 19.9 Å². The summed E-state index contributed by atoms with van der Waals surface area (Å²) in [6, 6.07) is 1.32. The van der Waals surface area contributed by atoms with E-state index in [1.165, 1.54) is 6.07 Å². The number of rotatable bonds is 0. The zero-order valence-electron chi connectivity index (χ0n) is 8.31. The van der Waals surface area contributed by atoms with Crippen molar-refractivity contribution in [3.05, 3.63) is 16.7 Å². The predicted molar refractivity (Wildman–Crippen MR) is 57.5 cm³/mol. The zero-order chi connectivity index (χ0) is 11.4. The largest absolute Gasteiger partial charge is 0.505 e.